The smallest absolute Gasteiger partial charge is 0.165 e. The van der Waals surface area contributed by atoms with E-state index >= 15 is 0 Å². The first-order valence-corrected chi connectivity index (χ1v) is 15.2. The van der Waals surface area contributed by atoms with E-state index in [1.165, 1.54) is 18.3 Å². The molecule has 0 N–H and O–H groups in total. The number of aromatic nitrogens is 4. The Hall–Kier alpha value is -4.18. The lowest BCUT2D eigenvalue weighted by Crippen LogP contribution is -2.33. The number of fused-ring (bicyclic) bond motifs is 1. The molecule has 0 fully saturated rings. The number of hydrogen-bond donors (Lipinski definition) is 0. The van der Waals surface area contributed by atoms with E-state index in [1.54, 1.807) is 6.07 Å². The molecule has 1 unspecified atom stereocenters. The van der Waals surface area contributed by atoms with Crippen molar-refractivity contribution in [2.24, 2.45) is 5.41 Å². The highest BCUT2D eigenvalue weighted by molar-refractivity contribution is 5.69. The lowest BCUT2D eigenvalue weighted by Gasteiger charge is -2.38. The maximum absolute atomic E-state index is 9.59. The Morgan fingerprint density at radius 1 is 0.609 bits per heavy atom. The molecule has 0 bridgehead atoms. The molecule has 2 heterocycles. The summed E-state index contributed by atoms with van der Waals surface area (Å²) in [5.41, 5.74) is -5.74. The molecule has 0 radical (unpaired) electrons. The third-order valence-electron chi connectivity index (χ3n) is 8.60. The Morgan fingerprint density at radius 2 is 1.11 bits per heavy atom. The summed E-state index contributed by atoms with van der Waals surface area (Å²) in [6.45, 7) is -7.46. The topological polar surface area (TPSA) is 51.6 Å². The average molecular weight is 625 g/mol. The molecule has 1 atom stereocenters. The maximum Gasteiger partial charge on any atom is 0.165 e. The van der Waals surface area contributed by atoms with Crippen molar-refractivity contribution in [3.8, 4) is 45.4 Å². The van der Waals surface area contributed by atoms with E-state index in [9.17, 15) is 1.37 Å². The Labute approximate surface area is 298 Å². The lowest BCUT2D eigenvalue weighted by molar-refractivity contribution is 0.190. The lowest BCUT2D eigenvalue weighted by atomic mass is 9.65. The van der Waals surface area contributed by atoms with Gasteiger partial charge in [-0.05, 0) is 68.0 Å². The van der Waals surface area contributed by atoms with Crippen LogP contribution in [0.1, 0.15) is 126 Å². The van der Waals surface area contributed by atoms with Crippen LogP contribution in [0.2, 0.25) is 0 Å². The average Bonchev–Trinajstić information content (AvgIpc) is 3.39. The number of rotatable bonds is 4. The van der Waals surface area contributed by atoms with Gasteiger partial charge in [-0.2, -0.15) is 0 Å². The Balaban J connectivity index is 1.55. The van der Waals surface area contributed by atoms with E-state index in [4.69, 9.17) is 35.5 Å². The van der Waals surface area contributed by atoms with Crippen LogP contribution in [0.5, 0.6) is 0 Å². The summed E-state index contributed by atoms with van der Waals surface area (Å²) in [7, 11) is 0. The van der Waals surface area contributed by atoms with Crippen LogP contribution in [-0.4, -0.2) is 19.9 Å². The predicted molar refractivity (Wildman–Crippen MR) is 192 cm³/mol. The standard InChI is InChI=1S/C42H48N4/c1-26-33-24-29(16-22-34(33)42(10,11)41(26,8)9)35-23-17-30(25-43-35)38-45-36(27-12-18-31(19-13-27)39(2,3)4)44-37(46-38)28-14-20-32(21-15-28)40(5,6)7/h12-26H,1-11H3/i1D3,8D3,9D3,10D3,11D3,26D. The van der Waals surface area contributed by atoms with E-state index in [1.807, 2.05) is 48.5 Å². The van der Waals surface area contributed by atoms with Crippen molar-refractivity contribution in [2.45, 2.75) is 97.9 Å². The molecule has 4 heteroatoms. The zero-order chi connectivity index (χ0) is 46.7. The van der Waals surface area contributed by atoms with Crippen molar-refractivity contribution in [3.05, 3.63) is 107 Å². The molecule has 46 heavy (non-hydrogen) atoms. The normalized spacial score (nSPS) is 25.3. The first-order chi connectivity index (χ1) is 28.1. The summed E-state index contributed by atoms with van der Waals surface area (Å²) >= 11 is 0. The quantitative estimate of drug-likeness (QED) is 0.200. The van der Waals surface area contributed by atoms with Crippen LogP contribution in [0.15, 0.2) is 85.1 Å². The van der Waals surface area contributed by atoms with E-state index in [2.05, 4.69) is 46.5 Å². The van der Waals surface area contributed by atoms with Gasteiger partial charge in [-0.3, -0.25) is 4.98 Å². The molecule has 6 rings (SSSR count). The van der Waals surface area contributed by atoms with Gasteiger partial charge in [0.25, 0.3) is 0 Å². The van der Waals surface area contributed by atoms with Crippen LogP contribution >= 0.6 is 0 Å². The predicted octanol–water partition coefficient (Wildman–Crippen LogP) is 11.0. The molecule has 0 saturated carbocycles. The Kier molecular flexibility index (Phi) is 4.21. The number of hydrogen-bond acceptors (Lipinski definition) is 4. The fourth-order valence-corrected chi connectivity index (χ4v) is 5.53. The molecule has 3 aromatic carbocycles. The molecule has 4 nitrogen and oxygen atoms in total. The second-order valence-corrected chi connectivity index (χ2v) is 14.0. The highest BCUT2D eigenvalue weighted by Gasteiger charge is 2.50. The van der Waals surface area contributed by atoms with Crippen LogP contribution in [0, 0.1) is 5.41 Å². The van der Waals surface area contributed by atoms with Gasteiger partial charge in [0.1, 0.15) is 0 Å². The van der Waals surface area contributed by atoms with E-state index in [-0.39, 0.29) is 27.9 Å². The second kappa shape index (κ2) is 11.0. The highest BCUT2D eigenvalue weighted by atomic mass is 15.0. The van der Waals surface area contributed by atoms with Crippen LogP contribution in [0.4, 0.5) is 0 Å². The summed E-state index contributed by atoms with van der Waals surface area (Å²) in [5.74, 6) is -2.78. The molecule has 2 aromatic heterocycles. The highest BCUT2D eigenvalue weighted by Crippen LogP contribution is 2.58. The van der Waals surface area contributed by atoms with Crippen molar-refractivity contribution in [2.75, 3.05) is 0 Å². The Morgan fingerprint density at radius 3 is 1.54 bits per heavy atom. The van der Waals surface area contributed by atoms with Crippen LogP contribution in [0.25, 0.3) is 45.4 Å². The van der Waals surface area contributed by atoms with Gasteiger partial charge in [0.05, 0.1) is 5.69 Å². The SMILES string of the molecule is [2H]C([2H])([2H])C1([2H])c2cc(-c3ccc(-c4nc(-c5ccc(C(C)(C)C)cc5)nc(-c5ccc(C(C)(C)C)cc5)n4)cn3)ccc2C(C([2H])([2H])[2H])(C([2H])([2H])[2H])C1(C([2H])([2H])[2H])C([2H])([2H])[2H]. The maximum atomic E-state index is 9.59. The molecule has 1 aliphatic rings. The van der Waals surface area contributed by atoms with Gasteiger partial charge in [-0.1, -0.05) is 136 Å². The number of pyridine rings is 1. The van der Waals surface area contributed by atoms with Crippen molar-refractivity contribution >= 4 is 0 Å². The van der Waals surface area contributed by atoms with Gasteiger partial charge >= 0.3 is 0 Å². The fourth-order valence-electron chi connectivity index (χ4n) is 5.53. The van der Waals surface area contributed by atoms with Crippen LogP contribution in [-0.2, 0) is 16.2 Å². The minimum Gasteiger partial charge on any atom is -0.255 e. The molecule has 1 aliphatic carbocycles. The third-order valence-corrected chi connectivity index (χ3v) is 8.60. The Bertz CT molecular complexity index is 2360. The zero-order valence-corrected chi connectivity index (χ0v) is 26.9. The van der Waals surface area contributed by atoms with Crippen LogP contribution in [0.3, 0.4) is 0 Å². The van der Waals surface area contributed by atoms with Crippen molar-refractivity contribution in [1.29, 1.82) is 0 Å². The summed E-state index contributed by atoms with van der Waals surface area (Å²) in [5, 5.41) is 0. The minimum atomic E-state index is -4.20. The van der Waals surface area contributed by atoms with Gasteiger partial charge in [-0.25, -0.2) is 15.0 Å². The molecular weight excluding hydrogens is 560 g/mol. The summed E-state index contributed by atoms with van der Waals surface area (Å²) in [6, 6.07) is 22.0. The molecule has 0 saturated heterocycles. The first-order valence-electron chi connectivity index (χ1n) is 23.2. The zero-order valence-electron chi connectivity index (χ0n) is 42.9. The molecule has 0 aliphatic heterocycles. The van der Waals surface area contributed by atoms with Gasteiger partial charge in [0.15, 0.2) is 17.5 Å². The molecule has 5 aromatic rings. The van der Waals surface area contributed by atoms with Crippen molar-refractivity contribution in [1.82, 2.24) is 19.9 Å². The van der Waals surface area contributed by atoms with E-state index in [0.717, 1.165) is 34.4 Å². The van der Waals surface area contributed by atoms with Gasteiger partial charge in [-0.15, -0.1) is 0 Å². The van der Waals surface area contributed by atoms with Crippen LogP contribution < -0.4 is 0 Å². The molecule has 0 spiro atoms. The monoisotopic (exact) mass is 624 g/mol. The van der Waals surface area contributed by atoms with E-state index < -0.39 is 62.1 Å². The van der Waals surface area contributed by atoms with Crippen molar-refractivity contribution < 1.29 is 21.9 Å². The first kappa shape index (κ1) is 17.7. The summed E-state index contributed by atoms with van der Waals surface area (Å²) in [4.78, 5) is 19.0. The summed E-state index contributed by atoms with van der Waals surface area (Å²) in [6.07, 6.45) is 1.43. The molecule has 0 amide bonds. The minimum absolute atomic E-state index is 0.0305. The molecular formula is C42H48N4. The van der Waals surface area contributed by atoms with Gasteiger partial charge in [0, 0.05) is 50.4 Å². The van der Waals surface area contributed by atoms with Gasteiger partial charge < -0.3 is 0 Å². The van der Waals surface area contributed by atoms with Gasteiger partial charge in [0.2, 0.25) is 0 Å². The fraction of sp³-hybridized carbons (Fsp3) is 0.381. The largest absolute Gasteiger partial charge is 0.255 e. The number of benzene rings is 3. The summed E-state index contributed by atoms with van der Waals surface area (Å²) < 4.78 is 138. The van der Waals surface area contributed by atoms with Crippen molar-refractivity contribution in [3.63, 3.8) is 0 Å². The third kappa shape index (κ3) is 5.57. The second-order valence-electron chi connectivity index (χ2n) is 14.0. The number of nitrogens with zero attached hydrogens (tertiary/aromatic N) is 4. The van der Waals surface area contributed by atoms with E-state index in [0.29, 0.717) is 17.2 Å². The molecule has 236 valence electrons.